The number of carbonyl (C=O) groups is 1. The normalized spacial score (nSPS) is 10.7. The van der Waals surface area contributed by atoms with E-state index < -0.39 is 22.6 Å². The Labute approximate surface area is 130 Å². The van der Waals surface area contributed by atoms with Crippen molar-refractivity contribution in [3.63, 3.8) is 0 Å². The number of halogens is 1. The number of hydrogen-bond acceptors (Lipinski definition) is 6. The van der Waals surface area contributed by atoms with Crippen LogP contribution in [0.4, 0.5) is 10.3 Å². The van der Waals surface area contributed by atoms with Gasteiger partial charge in [0.15, 0.2) is 11.6 Å². The van der Waals surface area contributed by atoms with Crippen molar-refractivity contribution in [2.75, 3.05) is 7.11 Å². The molecule has 0 aliphatic rings. The van der Waals surface area contributed by atoms with Crippen LogP contribution in [0.3, 0.4) is 0 Å². The smallest absolute Gasteiger partial charge is 0.433 e. The number of methoxy groups -OCH3 is 1. The summed E-state index contributed by atoms with van der Waals surface area (Å²) in [7, 11) is 1.35. The van der Waals surface area contributed by atoms with Gasteiger partial charge in [-0.2, -0.15) is 0 Å². The lowest BCUT2D eigenvalue weighted by Crippen LogP contribution is -2.01. The SMILES string of the molecule is COc1ccc(COC(=O)/C=C/c2ccc([N+](=O)[O-])o2)cc1F. The summed E-state index contributed by atoms with van der Waals surface area (Å²) < 4.78 is 28.0. The van der Waals surface area contributed by atoms with Gasteiger partial charge in [-0.15, -0.1) is 0 Å². The first-order chi connectivity index (χ1) is 11.0. The van der Waals surface area contributed by atoms with Gasteiger partial charge in [-0.3, -0.25) is 10.1 Å². The summed E-state index contributed by atoms with van der Waals surface area (Å²) in [5.41, 5.74) is 0.457. The van der Waals surface area contributed by atoms with Crippen LogP contribution >= 0.6 is 0 Å². The number of esters is 1. The van der Waals surface area contributed by atoms with Crippen LogP contribution in [0.1, 0.15) is 11.3 Å². The lowest BCUT2D eigenvalue weighted by molar-refractivity contribution is -0.402. The van der Waals surface area contributed by atoms with E-state index in [1.807, 2.05) is 0 Å². The second-order valence-corrected chi connectivity index (χ2v) is 4.34. The van der Waals surface area contributed by atoms with Crippen LogP contribution in [0.15, 0.2) is 40.8 Å². The molecular weight excluding hydrogens is 309 g/mol. The van der Waals surface area contributed by atoms with Crippen LogP contribution in [0.25, 0.3) is 6.08 Å². The van der Waals surface area contributed by atoms with Gasteiger partial charge in [0.25, 0.3) is 0 Å². The maximum absolute atomic E-state index is 13.5. The van der Waals surface area contributed by atoms with Crippen LogP contribution < -0.4 is 4.74 Å². The minimum absolute atomic E-state index is 0.0967. The first-order valence-corrected chi connectivity index (χ1v) is 6.41. The van der Waals surface area contributed by atoms with Gasteiger partial charge in [-0.1, -0.05) is 6.07 Å². The van der Waals surface area contributed by atoms with Crippen molar-refractivity contribution >= 4 is 17.9 Å². The predicted molar refractivity (Wildman–Crippen MR) is 77.1 cm³/mol. The van der Waals surface area contributed by atoms with Crippen LogP contribution in [-0.2, 0) is 16.1 Å². The molecule has 0 radical (unpaired) electrons. The Balaban J connectivity index is 1.90. The molecule has 1 aromatic heterocycles. The van der Waals surface area contributed by atoms with Crippen LogP contribution in [-0.4, -0.2) is 18.0 Å². The number of benzene rings is 1. The summed E-state index contributed by atoms with van der Waals surface area (Å²) in [6.07, 6.45) is 2.30. The van der Waals surface area contributed by atoms with Gasteiger partial charge < -0.3 is 13.9 Å². The quantitative estimate of drug-likeness (QED) is 0.351. The summed E-state index contributed by atoms with van der Waals surface area (Å²) >= 11 is 0. The zero-order chi connectivity index (χ0) is 16.8. The fraction of sp³-hybridized carbons (Fsp3) is 0.133. The average Bonchev–Trinajstić information content (AvgIpc) is 3.00. The molecule has 0 saturated heterocycles. The minimum Gasteiger partial charge on any atom is -0.494 e. The largest absolute Gasteiger partial charge is 0.494 e. The molecule has 1 heterocycles. The minimum atomic E-state index is -0.694. The van der Waals surface area contributed by atoms with E-state index in [0.29, 0.717) is 5.56 Å². The molecule has 1 aromatic carbocycles. The predicted octanol–water partition coefficient (Wildman–Crippen LogP) is 3.09. The Morgan fingerprint density at radius 3 is 2.78 bits per heavy atom. The third-order valence-corrected chi connectivity index (χ3v) is 2.77. The van der Waals surface area contributed by atoms with Crippen molar-refractivity contribution in [2.45, 2.75) is 6.61 Å². The molecule has 0 saturated carbocycles. The zero-order valence-corrected chi connectivity index (χ0v) is 12.0. The van der Waals surface area contributed by atoms with Crippen molar-refractivity contribution in [3.8, 4) is 5.75 Å². The second kappa shape index (κ2) is 7.21. The van der Waals surface area contributed by atoms with E-state index in [-0.39, 0.29) is 18.1 Å². The molecule has 0 fully saturated rings. The lowest BCUT2D eigenvalue weighted by Gasteiger charge is -2.05. The van der Waals surface area contributed by atoms with E-state index >= 15 is 0 Å². The highest BCUT2D eigenvalue weighted by Gasteiger charge is 2.10. The standard InChI is InChI=1S/C15H12FNO6/c1-21-13-5-2-10(8-12(13)16)9-22-15(18)7-4-11-3-6-14(23-11)17(19)20/h2-8H,9H2,1H3/b7-4+. The molecule has 0 aliphatic carbocycles. The van der Waals surface area contributed by atoms with Crippen LogP contribution in [0.2, 0.25) is 0 Å². The van der Waals surface area contributed by atoms with Gasteiger partial charge >= 0.3 is 11.9 Å². The van der Waals surface area contributed by atoms with Gasteiger partial charge in [0.1, 0.15) is 17.3 Å². The molecule has 0 atom stereocenters. The molecule has 0 bridgehead atoms. The number of carbonyl (C=O) groups excluding carboxylic acids is 1. The maximum Gasteiger partial charge on any atom is 0.433 e. The summed E-state index contributed by atoms with van der Waals surface area (Å²) in [5, 5.41) is 10.4. The Hall–Kier alpha value is -3.16. The van der Waals surface area contributed by atoms with E-state index in [9.17, 15) is 19.3 Å². The first-order valence-electron chi connectivity index (χ1n) is 6.41. The van der Waals surface area contributed by atoms with E-state index in [1.54, 1.807) is 6.07 Å². The molecule has 0 unspecified atom stereocenters. The number of nitro groups is 1. The van der Waals surface area contributed by atoms with Gasteiger partial charge in [0, 0.05) is 6.08 Å². The maximum atomic E-state index is 13.5. The Morgan fingerprint density at radius 1 is 1.39 bits per heavy atom. The summed E-state index contributed by atoms with van der Waals surface area (Å²) in [5.74, 6) is -1.44. The topological polar surface area (TPSA) is 91.8 Å². The zero-order valence-electron chi connectivity index (χ0n) is 12.0. The molecule has 0 amide bonds. The average molecular weight is 321 g/mol. The van der Waals surface area contributed by atoms with E-state index in [4.69, 9.17) is 13.9 Å². The fourth-order valence-corrected chi connectivity index (χ4v) is 1.68. The second-order valence-electron chi connectivity index (χ2n) is 4.34. The number of nitrogens with zero attached hydrogens (tertiary/aromatic N) is 1. The summed E-state index contributed by atoms with van der Waals surface area (Å²) in [6.45, 7) is -0.123. The third kappa shape index (κ3) is 4.40. The molecule has 8 heteroatoms. The van der Waals surface area contributed by atoms with Crippen molar-refractivity contribution in [1.82, 2.24) is 0 Å². The Morgan fingerprint density at radius 2 is 2.17 bits per heavy atom. The first kappa shape index (κ1) is 16.2. The van der Waals surface area contributed by atoms with E-state index in [0.717, 1.165) is 6.08 Å². The molecule has 2 rings (SSSR count). The molecular formula is C15H12FNO6. The monoisotopic (exact) mass is 321 g/mol. The number of rotatable bonds is 6. The lowest BCUT2D eigenvalue weighted by atomic mass is 10.2. The number of ether oxygens (including phenoxy) is 2. The van der Waals surface area contributed by atoms with Crippen LogP contribution in [0.5, 0.6) is 5.75 Å². The molecule has 7 nitrogen and oxygen atoms in total. The van der Waals surface area contributed by atoms with Crippen molar-refractivity contribution in [1.29, 1.82) is 0 Å². The Kier molecular flexibility index (Phi) is 5.08. The van der Waals surface area contributed by atoms with Crippen LogP contribution in [0, 0.1) is 15.9 Å². The fourth-order valence-electron chi connectivity index (χ4n) is 1.68. The molecule has 2 aromatic rings. The van der Waals surface area contributed by atoms with E-state index in [1.165, 1.54) is 37.5 Å². The highest BCUT2D eigenvalue weighted by atomic mass is 19.1. The summed E-state index contributed by atoms with van der Waals surface area (Å²) in [4.78, 5) is 21.3. The van der Waals surface area contributed by atoms with Crippen molar-refractivity contribution < 1.29 is 28.0 Å². The molecule has 0 N–H and O–H groups in total. The number of hydrogen-bond donors (Lipinski definition) is 0. The van der Waals surface area contributed by atoms with Gasteiger partial charge in [0.05, 0.1) is 13.2 Å². The molecule has 0 aliphatic heterocycles. The van der Waals surface area contributed by atoms with Crippen molar-refractivity contribution in [2.24, 2.45) is 0 Å². The summed E-state index contributed by atoms with van der Waals surface area (Å²) in [6, 6.07) is 6.71. The third-order valence-electron chi connectivity index (χ3n) is 2.77. The van der Waals surface area contributed by atoms with Crippen molar-refractivity contribution in [3.05, 3.63) is 63.7 Å². The molecule has 23 heavy (non-hydrogen) atoms. The van der Waals surface area contributed by atoms with Gasteiger partial charge in [-0.25, -0.2) is 9.18 Å². The Bertz CT molecular complexity index is 752. The number of furan rings is 1. The molecule has 0 spiro atoms. The van der Waals surface area contributed by atoms with E-state index in [2.05, 4.69) is 0 Å². The van der Waals surface area contributed by atoms with Gasteiger partial charge in [-0.05, 0) is 29.8 Å². The van der Waals surface area contributed by atoms with Gasteiger partial charge in [0.2, 0.25) is 0 Å². The highest BCUT2D eigenvalue weighted by Crippen LogP contribution is 2.18. The highest BCUT2D eigenvalue weighted by molar-refractivity contribution is 5.86. The molecule has 120 valence electrons.